The Morgan fingerprint density at radius 3 is 2.55 bits per heavy atom. The van der Waals surface area contributed by atoms with Gasteiger partial charge in [0.05, 0.1) is 0 Å². The lowest BCUT2D eigenvalue weighted by Gasteiger charge is -2.05. The molecule has 1 aromatic carbocycles. The molecule has 1 atom stereocenters. The van der Waals surface area contributed by atoms with Crippen LogP contribution in [0.15, 0.2) is 27.6 Å². The fourth-order valence-corrected chi connectivity index (χ4v) is 1.80. The molecule has 0 aliphatic rings. The molecule has 1 aromatic rings. The van der Waals surface area contributed by atoms with Crippen molar-refractivity contribution in [2.45, 2.75) is 4.90 Å². The minimum Gasteiger partial charge on any atom is -0.768 e. The molecule has 0 heterocycles. The van der Waals surface area contributed by atoms with Crippen molar-refractivity contribution in [1.82, 2.24) is 0 Å². The highest BCUT2D eigenvalue weighted by Crippen LogP contribution is 2.18. The molecule has 5 heteroatoms. The van der Waals surface area contributed by atoms with Gasteiger partial charge in [-0.15, -0.1) is 0 Å². The normalized spacial score (nSPS) is 12.9. The maximum atomic E-state index is 10.4. The van der Waals surface area contributed by atoms with E-state index in [0.29, 0.717) is 10.2 Å². The van der Waals surface area contributed by atoms with Gasteiger partial charge in [-0.25, -0.2) is 0 Å². The Morgan fingerprint density at radius 2 is 2.09 bits per heavy atom. The van der Waals surface area contributed by atoms with Crippen LogP contribution >= 0.6 is 15.9 Å². The van der Waals surface area contributed by atoms with Crippen molar-refractivity contribution < 1.29 is 8.76 Å². The molecule has 0 aliphatic heterocycles. The molecule has 0 saturated carbocycles. The molecule has 1 unspecified atom stereocenters. The van der Waals surface area contributed by atoms with Crippen molar-refractivity contribution in [2.24, 2.45) is 0 Å². The summed E-state index contributed by atoms with van der Waals surface area (Å²) < 4.78 is 21.5. The fourth-order valence-electron chi connectivity index (χ4n) is 0.681. The Bertz CT molecular complexity index is 282. The van der Waals surface area contributed by atoms with Crippen LogP contribution < -0.4 is 5.73 Å². The van der Waals surface area contributed by atoms with Gasteiger partial charge in [0.1, 0.15) is 0 Å². The van der Waals surface area contributed by atoms with E-state index in [1.54, 1.807) is 6.07 Å². The number of halogens is 1. The first kappa shape index (κ1) is 8.70. The van der Waals surface area contributed by atoms with Crippen LogP contribution in [0.4, 0.5) is 5.69 Å². The lowest BCUT2D eigenvalue weighted by molar-refractivity contribution is 0.537. The first-order valence-corrected chi connectivity index (χ1v) is 4.62. The molecule has 0 spiro atoms. The maximum absolute atomic E-state index is 10.4. The Balaban J connectivity index is 3.19. The quantitative estimate of drug-likeness (QED) is 0.588. The third-order valence-corrected chi connectivity index (χ3v) is 2.16. The smallest absolute Gasteiger partial charge is 0.0337 e. The van der Waals surface area contributed by atoms with E-state index in [4.69, 9.17) is 5.73 Å². The van der Waals surface area contributed by atoms with E-state index >= 15 is 0 Å². The zero-order valence-corrected chi connectivity index (χ0v) is 7.81. The van der Waals surface area contributed by atoms with Gasteiger partial charge in [0.2, 0.25) is 0 Å². The summed E-state index contributed by atoms with van der Waals surface area (Å²) in [5, 5.41) is 0. The van der Waals surface area contributed by atoms with Gasteiger partial charge >= 0.3 is 0 Å². The summed E-state index contributed by atoms with van der Waals surface area (Å²) in [5.74, 6) is 0. The van der Waals surface area contributed by atoms with Crippen LogP contribution in [-0.2, 0) is 11.1 Å². The van der Waals surface area contributed by atoms with Gasteiger partial charge in [-0.3, -0.25) is 4.21 Å². The SMILES string of the molecule is Nc1cc(Br)cc(S(=O)[O-])c1. The highest BCUT2D eigenvalue weighted by Gasteiger charge is 1.95. The summed E-state index contributed by atoms with van der Waals surface area (Å²) in [6, 6.07) is 4.52. The minimum atomic E-state index is -2.21. The van der Waals surface area contributed by atoms with Crippen molar-refractivity contribution in [3.63, 3.8) is 0 Å². The average Bonchev–Trinajstić information content (AvgIpc) is 1.85. The number of nitrogens with two attached hydrogens (primary N) is 1. The second-order valence-electron chi connectivity index (χ2n) is 1.95. The number of nitrogen functional groups attached to an aromatic ring is 1. The van der Waals surface area contributed by atoms with Crippen LogP contribution in [0.1, 0.15) is 0 Å². The Kier molecular flexibility index (Phi) is 2.64. The number of hydrogen-bond donors (Lipinski definition) is 1. The molecule has 3 nitrogen and oxygen atoms in total. The minimum absolute atomic E-state index is 0.192. The van der Waals surface area contributed by atoms with Crippen LogP contribution in [0.5, 0.6) is 0 Å². The van der Waals surface area contributed by atoms with E-state index in [2.05, 4.69) is 15.9 Å². The van der Waals surface area contributed by atoms with Crippen LogP contribution in [0.25, 0.3) is 0 Å². The summed E-state index contributed by atoms with van der Waals surface area (Å²) in [5.41, 5.74) is 5.82. The van der Waals surface area contributed by atoms with E-state index in [1.165, 1.54) is 12.1 Å². The van der Waals surface area contributed by atoms with Crippen LogP contribution in [-0.4, -0.2) is 8.76 Å². The van der Waals surface area contributed by atoms with Gasteiger partial charge in [0, 0.05) is 15.1 Å². The maximum Gasteiger partial charge on any atom is 0.0337 e. The van der Waals surface area contributed by atoms with E-state index in [1.807, 2.05) is 0 Å². The summed E-state index contributed by atoms with van der Waals surface area (Å²) in [6.07, 6.45) is 0. The van der Waals surface area contributed by atoms with Gasteiger partial charge in [-0.2, -0.15) is 0 Å². The van der Waals surface area contributed by atoms with Crippen LogP contribution in [0.2, 0.25) is 0 Å². The van der Waals surface area contributed by atoms with Crippen LogP contribution in [0.3, 0.4) is 0 Å². The lowest BCUT2D eigenvalue weighted by atomic mass is 10.3. The third kappa shape index (κ3) is 2.28. The van der Waals surface area contributed by atoms with Crippen molar-refractivity contribution in [3.8, 4) is 0 Å². The largest absolute Gasteiger partial charge is 0.768 e. The molecular formula is C6H5BrNO2S-. The number of hydrogen-bond acceptors (Lipinski definition) is 3. The number of rotatable bonds is 1. The Labute approximate surface area is 75.0 Å². The second-order valence-corrected chi connectivity index (χ2v) is 3.81. The third-order valence-electron chi connectivity index (χ3n) is 1.09. The van der Waals surface area contributed by atoms with Crippen LogP contribution in [0, 0.1) is 0 Å². The van der Waals surface area contributed by atoms with Gasteiger partial charge in [-0.1, -0.05) is 15.9 Å². The predicted octanol–water partition coefficient (Wildman–Crippen LogP) is 1.27. The van der Waals surface area contributed by atoms with Gasteiger partial charge < -0.3 is 10.3 Å². The monoisotopic (exact) mass is 234 g/mol. The first-order chi connectivity index (χ1) is 5.09. The molecule has 0 fully saturated rings. The van der Waals surface area contributed by atoms with Crippen molar-refractivity contribution >= 4 is 32.7 Å². The topological polar surface area (TPSA) is 66.2 Å². The van der Waals surface area contributed by atoms with Crippen molar-refractivity contribution in [1.29, 1.82) is 0 Å². The highest BCUT2D eigenvalue weighted by atomic mass is 79.9. The van der Waals surface area contributed by atoms with Crippen molar-refractivity contribution in [3.05, 3.63) is 22.7 Å². The number of benzene rings is 1. The molecular weight excluding hydrogens is 230 g/mol. The molecule has 11 heavy (non-hydrogen) atoms. The van der Waals surface area contributed by atoms with E-state index < -0.39 is 11.1 Å². The average molecular weight is 235 g/mol. The molecule has 0 aliphatic carbocycles. The summed E-state index contributed by atoms with van der Waals surface area (Å²) in [4.78, 5) is 0.192. The van der Waals surface area contributed by atoms with Crippen molar-refractivity contribution in [2.75, 3.05) is 5.73 Å². The summed E-state index contributed by atoms with van der Waals surface area (Å²) in [6.45, 7) is 0. The molecule has 0 amide bonds. The van der Waals surface area contributed by atoms with Gasteiger partial charge in [0.15, 0.2) is 0 Å². The fraction of sp³-hybridized carbons (Fsp3) is 0. The summed E-state index contributed by atoms with van der Waals surface area (Å²) in [7, 11) is 0. The van der Waals surface area contributed by atoms with E-state index in [0.717, 1.165) is 0 Å². The molecule has 0 aromatic heterocycles. The van der Waals surface area contributed by atoms with Gasteiger partial charge in [0.25, 0.3) is 0 Å². The zero-order chi connectivity index (χ0) is 8.43. The van der Waals surface area contributed by atoms with Gasteiger partial charge in [-0.05, 0) is 29.3 Å². The first-order valence-electron chi connectivity index (χ1n) is 2.75. The number of anilines is 1. The molecule has 60 valence electrons. The predicted molar refractivity (Wildman–Crippen MR) is 45.7 cm³/mol. The molecule has 0 bridgehead atoms. The molecule has 0 radical (unpaired) electrons. The Hall–Kier alpha value is -0.390. The van der Waals surface area contributed by atoms with E-state index in [9.17, 15) is 8.76 Å². The highest BCUT2D eigenvalue weighted by molar-refractivity contribution is 9.10. The standard InChI is InChI=1S/C6H6BrNO2S/c7-4-1-5(8)3-6(2-4)11(9)10/h1-3H,8H2,(H,9,10)/p-1. The molecule has 0 saturated heterocycles. The van der Waals surface area contributed by atoms with E-state index in [-0.39, 0.29) is 4.90 Å². The molecule has 2 N–H and O–H groups in total. The Morgan fingerprint density at radius 1 is 1.45 bits per heavy atom. The summed E-state index contributed by atoms with van der Waals surface area (Å²) >= 11 is 0.918. The zero-order valence-electron chi connectivity index (χ0n) is 5.41. The molecule has 1 rings (SSSR count). The lowest BCUT2D eigenvalue weighted by Crippen LogP contribution is -1.91. The second kappa shape index (κ2) is 3.34.